The highest BCUT2D eigenvalue weighted by molar-refractivity contribution is 6.30. The van der Waals surface area contributed by atoms with Crippen LogP contribution < -0.4 is 0 Å². The molecular weight excluding hydrogens is 234 g/mol. The molecule has 0 aliphatic heterocycles. The minimum atomic E-state index is 0.693. The van der Waals surface area contributed by atoms with E-state index in [1.165, 1.54) is 0 Å². The van der Waals surface area contributed by atoms with Gasteiger partial charge in [-0.05, 0) is 30.7 Å². The molecular formula is C13H10ClN3. The van der Waals surface area contributed by atoms with E-state index in [-0.39, 0.29) is 0 Å². The predicted octanol–water partition coefficient (Wildman–Crippen LogP) is 3.36. The Labute approximate surface area is 104 Å². The zero-order valence-electron chi connectivity index (χ0n) is 9.26. The topological polar surface area (TPSA) is 30.2 Å². The first-order valence-corrected chi connectivity index (χ1v) is 5.70. The van der Waals surface area contributed by atoms with E-state index in [0.29, 0.717) is 10.8 Å². The molecule has 3 nitrogen and oxygen atoms in total. The van der Waals surface area contributed by atoms with Crippen molar-refractivity contribution in [3.8, 4) is 11.4 Å². The highest BCUT2D eigenvalue weighted by Crippen LogP contribution is 2.20. The molecule has 0 aliphatic rings. The summed E-state index contributed by atoms with van der Waals surface area (Å²) in [7, 11) is 0. The SMILES string of the molecule is Cc1cccn2nc(-c3cccc(Cl)c3)nc12. The second-order valence-electron chi connectivity index (χ2n) is 3.91. The van der Waals surface area contributed by atoms with Crippen LogP contribution in [0.25, 0.3) is 17.0 Å². The molecule has 0 fully saturated rings. The van der Waals surface area contributed by atoms with Crippen LogP contribution in [0.2, 0.25) is 5.02 Å². The third-order valence-corrected chi connectivity index (χ3v) is 2.88. The van der Waals surface area contributed by atoms with Crippen molar-refractivity contribution in [1.82, 2.24) is 14.6 Å². The average molecular weight is 244 g/mol. The molecule has 0 saturated carbocycles. The van der Waals surface area contributed by atoms with Crippen molar-refractivity contribution < 1.29 is 0 Å². The Kier molecular flexibility index (Phi) is 2.34. The largest absolute Gasteiger partial charge is 0.220 e. The molecule has 0 unspecified atom stereocenters. The van der Waals surface area contributed by atoms with Crippen LogP contribution in [-0.2, 0) is 0 Å². The second kappa shape index (κ2) is 3.86. The lowest BCUT2D eigenvalue weighted by Gasteiger charge is -1.94. The number of hydrogen-bond donors (Lipinski definition) is 0. The van der Waals surface area contributed by atoms with Crippen molar-refractivity contribution in [2.45, 2.75) is 6.92 Å². The second-order valence-corrected chi connectivity index (χ2v) is 4.34. The summed E-state index contributed by atoms with van der Waals surface area (Å²) in [5, 5.41) is 5.12. The van der Waals surface area contributed by atoms with Crippen LogP contribution in [-0.4, -0.2) is 14.6 Å². The predicted molar refractivity (Wildman–Crippen MR) is 68.2 cm³/mol. The van der Waals surface area contributed by atoms with E-state index < -0.39 is 0 Å². The van der Waals surface area contributed by atoms with E-state index in [2.05, 4.69) is 10.1 Å². The number of pyridine rings is 1. The molecule has 0 bridgehead atoms. The van der Waals surface area contributed by atoms with Gasteiger partial charge < -0.3 is 0 Å². The molecule has 0 spiro atoms. The van der Waals surface area contributed by atoms with Crippen molar-refractivity contribution in [2.24, 2.45) is 0 Å². The lowest BCUT2D eigenvalue weighted by Crippen LogP contribution is -1.87. The number of aryl methyl sites for hydroxylation is 1. The molecule has 0 N–H and O–H groups in total. The Morgan fingerprint density at radius 2 is 2.06 bits per heavy atom. The molecule has 2 heterocycles. The first-order chi connectivity index (χ1) is 8.24. The van der Waals surface area contributed by atoms with Gasteiger partial charge in [-0.3, -0.25) is 0 Å². The summed E-state index contributed by atoms with van der Waals surface area (Å²) in [6.07, 6.45) is 1.89. The summed E-state index contributed by atoms with van der Waals surface area (Å²) in [6, 6.07) is 11.5. The summed E-state index contributed by atoms with van der Waals surface area (Å²) < 4.78 is 1.78. The minimum Gasteiger partial charge on any atom is -0.220 e. The molecule has 1 aromatic carbocycles. The third-order valence-electron chi connectivity index (χ3n) is 2.64. The summed E-state index contributed by atoms with van der Waals surface area (Å²) in [4.78, 5) is 4.52. The van der Waals surface area contributed by atoms with Crippen molar-refractivity contribution in [2.75, 3.05) is 0 Å². The summed E-state index contributed by atoms with van der Waals surface area (Å²) in [5.74, 6) is 0.696. The Bertz CT molecular complexity index is 688. The molecule has 0 saturated heterocycles. The Morgan fingerprint density at radius 1 is 1.18 bits per heavy atom. The van der Waals surface area contributed by atoms with Gasteiger partial charge in [0.15, 0.2) is 11.5 Å². The van der Waals surface area contributed by atoms with Crippen molar-refractivity contribution in [1.29, 1.82) is 0 Å². The zero-order valence-corrected chi connectivity index (χ0v) is 10.0. The molecule has 3 aromatic rings. The minimum absolute atomic E-state index is 0.693. The van der Waals surface area contributed by atoms with Gasteiger partial charge in [0.05, 0.1) is 0 Å². The summed E-state index contributed by atoms with van der Waals surface area (Å²) >= 11 is 5.96. The van der Waals surface area contributed by atoms with Crippen LogP contribution in [0.1, 0.15) is 5.56 Å². The van der Waals surface area contributed by atoms with Crippen LogP contribution in [0.3, 0.4) is 0 Å². The quantitative estimate of drug-likeness (QED) is 0.656. The normalized spacial score (nSPS) is 10.9. The lowest BCUT2D eigenvalue weighted by atomic mass is 10.2. The smallest absolute Gasteiger partial charge is 0.182 e. The van der Waals surface area contributed by atoms with Crippen molar-refractivity contribution in [3.63, 3.8) is 0 Å². The molecule has 0 radical (unpaired) electrons. The number of hydrogen-bond acceptors (Lipinski definition) is 2. The van der Waals surface area contributed by atoms with Crippen LogP contribution in [0.4, 0.5) is 0 Å². The van der Waals surface area contributed by atoms with Gasteiger partial charge in [0, 0.05) is 16.8 Å². The number of fused-ring (bicyclic) bond motifs is 1. The number of benzene rings is 1. The fourth-order valence-electron chi connectivity index (χ4n) is 1.79. The van der Waals surface area contributed by atoms with E-state index in [9.17, 15) is 0 Å². The highest BCUT2D eigenvalue weighted by atomic mass is 35.5. The lowest BCUT2D eigenvalue weighted by molar-refractivity contribution is 0.960. The van der Waals surface area contributed by atoms with Gasteiger partial charge in [0.2, 0.25) is 0 Å². The maximum Gasteiger partial charge on any atom is 0.182 e. The van der Waals surface area contributed by atoms with Crippen LogP contribution in [0.5, 0.6) is 0 Å². The van der Waals surface area contributed by atoms with Gasteiger partial charge in [-0.2, -0.15) is 0 Å². The molecule has 0 aliphatic carbocycles. The molecule has 0 atom stereocenters. The van der Waals surface area contributed by atoms with Gasteiger partial charge >= 0.3 is 0 Å². The number of nitrogens with zero attached hydrogens (tertiary/aromatic N) is 3. The van der Waals surface area contributed by atoms with Crippen LogP contribution in [0, 0.1) is 6.92 Å². The Morgan fingerprint density at radius 3 is 2.82 bits per heavy atom. The maximum absolute atomic E-state index is 5.96. The van der Waals surface area contributed by atoms with E-state index in [0.717, 1.165) is 16.8 Å². The molecule has 2 aromatic heterocycles. The first kappa shape index (κ1) is 10.3. The number of rotatable bonds is 1. The average Bonchev–Trinajstić information content (AvgIpc) is 2.74. The molecule has 17 heavy (non-hydrogen) atoms. The number of halogens is 1. The monoisotopic (exact) mass is 243 g/mol. The van der Waals surface area contributed by atoms with Gasteiger partial charge in [-0.15, -0.1) is 5.10 Å². The van der Waals surface area contributed by atoms with Crippen LogP contribution in [0.15, 0.2) is 42.6 Å². The zero-order chi connectivity index (χ0) is 11.8. The highest BCUT2D eigenvalue weighted by Gasteiger charge is 2.07. The van der Waals surface area contributed by atoms with Crippen molar-refractivity contribution in [3.05, 3.63) is 53.2 Å². The van der Waals surface area contributed by atoms with E-state index in [4.69, 9.17) is 11.6 Å². The molecule has 84 valence electrons. The van der Waals surface area contributed by atoms with Crippen molar-refractivity contribution >= 4 is 17.2 Å². The van der Waals surface area contributed by atoms with Gasteiger partial charge in [-0.1, -0.05) is 29.8 Å². The summed E-state index contributed by atoms with van der Waals surface area (Å²) in [6.45, 7) is 2.02. The standard InChI is InChI=1S/C13H10ClN3/c1-9-4-3-7-17-13(9)15-12(16-17)10-5-2-6-11(14)8-10/h2-8H,1H3. The van der Waals surface area contributed by atoms with E-state index in [1.807, 2.05) is 49.5 Å². The van der Waals surface area contributed by atoms with E-state index in [1.54, 1.807) is 4.52 Å². The van der Waals surface area contributed by atoms with Gasteiger partial charge in [0.1, 0.15) is 0 Å². The molecule has 0 amide bonds. The summed E-state index contributed by atoms with van der Waals surface area (Å²) in [5.41, 5.74) is 2.91. The molecule has 4 heteroatoms. The third kappa shape index (κ3) is 1.78. The number of aromatic nitrogens is 3. The fraction of sp³-hybridized carbons (Fsp3) is 0.0769. The maximum atomic E-state index is 5.96. The molecule has 3 rings (SSSR count). The fourth-order valence-corrected chi connectivity index (χ4v) is 1.98. The first-order valence-electron chi connectivity index (χ1n) is 5.32. The van der Waals surface area contributed by atoms with E-state index >= 15 is 0 Å². The Hall–Kier alpha value is -1.87. The van der Waals surface area contributed by atoms with Gasteiger partial charge in [0.25, 0.3) is 0 Å². The van der Waals surface area contributed by atoms with Gasteiger partial charge in [-0.25, -0.2) is 9.50 Å². The Balaban J connectivity index is 2.22. The van der Waals surface area contributed by atoms with Crippen LogP contribution >= 0.6 is 11.6 Å².